The fourth-order valence-corrected chi connectivity index (χ4v) is 7.82. The van der Waals surface area contributed by atoms with Gasteiger partial charge < -0.3 is 9.64 Å². The highest BCUT2D eigenvalue weighted by Crippen LogP contribution is 2.50. The van der Waals surface area contributed by atoms with E-state index in [4.69, 9.17) is 4.74 Å². The van der Waals surface area contributed by atoms with Crippen molar-refractivity contribution in [3.63, 3.8) is 0 Å². The number of hydrogen-bond donors (Lipinski definition) is 0. The molecule has 0 aliphatic carbocycles. The Kier molecular flexibility index (Phi) is 7.18. The van der Waals surface area contributed by atoms with Gasteiger partial charge in [0.05, 0.1) is 17.1 Å². The van der Waals surface area contributed by atoms with Gasteiger partial charge in [-0.3, -0.25) is 0 Å². The Morgan fingerprint density at radius 1 is 0.308 bits per heavy atom. The van der Waals surface area contributed by atoms with E-state index in [1.54, 1.807) is 0 Å². The lowest BCUT2D eigenvalue weighted by Gasteiger charge is -2.31. The summed E-state index contributed by atoms with van der Waals surface area (Å²) in [6, 6.07) is 71.7. The maximum Gasteiger partial charge on any atom is 0.135 e. The monoisotopic (exact) mass is 663 g/mol. The third-order valence-corrected chi connectivity index (χ3v) is 10.3. The summed E-state index contributed by atoms with van der Waals surface area (Å²) in [5, 5.41) is 4.73. The normalized spacial score (nSPS) is 11.6. The topological polar surface area (TPSA) is 12.5 Å². The van der Waals surface area contributed by atoms with Gasteiger partial charge in [-0.15, -0.1) is 0 Å². The summed E-state index contributed by atoms with van der Waals surface area (Å²) >= 11 is 0. The third-order valence-electron chi connectivity index (χ3n) is 10.3. The van der Waals surface area contributed by atoms with Crippen molar-refractivity contribution in [2.45, 2.75) is 0 Å². The van der Waals surface area contributed by atoms with Crippen LogP contribution in [0.3, 0.4) is 0 Å². The van der Waals surface area contributed by atoms with Crippen LogP contribution in [0.4, 0.5) is 17.1 Å². The first-order valence-electron chi connectivity index (χ1n) is 17.8. The van der Waals surface area contributed by atoms with Crippen LogP contribution in [-0.4, -0.2) is 0 Å². The lowest BCUT2D eigenvalue weighted by molar-refractivity contribution is 0.487. The second-order valence-electron chi connectivity index (χ2n) is 13.3. The standard InChI is InChI=1S/C50H33NO/c1-2-13-34(14-3-1)35-27-29-37(30-28-35)41-20-6-8-23-45(41)51(47-25-11-16-36-15-4-5-19-40(36)47)46-24-9-7-21-42(46)39-31-32-48-44(33-39)43-22-10-17-38-18-12-26-49(52-48)50(38)43/h1-33H. The number of anilines is 3. The lowest BCUT2D eigenvalue weighted by Crippen LogP contribution is -2.13. The van der Waals surface area contributed by atoms with Gasteiger partial charge in [-0.25, -0.2) is 0 Å². The molecule has 52 heavy (non-hydrogen) atoms. The molecule has 1 aliphatic heterocycles. The molecule has 2 heteroatoms. The Morgan fingerprint density at radius 3 is 1.65 bits per heavy atom. The average Bonchev–Trinajstić information content (AvgIpc) is 3.22. The molecule has 10 rings (SSSR count). The Hall–Kier alpha value is -6.90. The van der Waals surface area contributed by atoms with Crippen molar-refractivity contribution in [2.75, 3.05) is 4.90 Å². The van der Waals surface area contributed by atoms with Crippen molar-refractivity contribution in [1.29, 1.82) is 0 Å². The van der Waals surface area contributed by atoms with Gasteiger partial charge in [-0.05, 0) is 75.0 Å². The van der Waals surface area contributed by atoms with E-state index in [2.05, 4.69) is 205 Å². The summed E-state index contributed by atoms with van der Waals surface area (Å²) in [5.74, 6) is 1.78. The lowest BCUT2D eigenvalue weighted by atomic mass is 9.91. The number of rotatable bonds is 6. The first kappa shape index (κ1) is 30.0. The molecule has 0 fully saturated rings. The zero-order valence-electron chi connectivity index (χ0n) is 28.4. The molecule has 0 atom stereocenters. The number of fused-ring (bicyclic) bond motifs is 3. The van der Waals surface area contributed by atoms with Gasteiger partial charge in [0.15, 0.2) is 0 Å². The van der Waals surface area contributed by atoms with Gasteiger partial charge in [0, 0.05) is 27.5 Å². The first-order chi connectivity index (χ1) is 25.8. The Bertz CT molecular complexity index is 2760. The molecule has 0 saturated heterocycles. The van der Waals surface area contributed by atoms with Crippen LogP contribution >= 0.6 is 0 Å². The van der Waals surface area contributed by atoms with Crippen molar-refractivity contribution < 1.29 is 4.74 Å². The van der Waals surface area contributed by atoms with Gasteiger partial charge in [-0.1, -0.05) is 164 Å². The highest BCUT2D eigenvalue weighted by atomic mass is 16.5. The minimum absolute atomic E-state index is 0.877. The van der Waals surface area contributed by atoms with Crippen molar-refractivity contribution in [3.05, 3.63) is 200 Å². The molecule has 1 aliphatic rings. The predicted octanol–water partition coefficient (Wildman–Crippen LogP) is 14.2. The van der Waals surface area contributed by atoms with E-state index in [0.717, 1.165) is 61.8 Å². The first-order valence-corrected chi connectivity index (χ1v) is 17.8. The summed E-state index contributed by atoms with van der Waals surface area (Å²) in [6.07, 6.45) is 0. The largest absolute Gasteiger partial charge is 0.456 e. The molecular formula is C50H33NO. The van der Waals surface area contributed by atoms with E-state index in [1.165, 1.54) is 32.8 Å². The van der Waals surface area contributed by atoms with E-state index >= 15 is 0 Å². The average molecular weight is 664 g/mol. The van der Waals surface area contributed by atoms with Gasteiger partial charge in [0.1, 0.15) is 11.5 Å². The van der Waals surface area contributed by atoms with Crippen LogP contribution in [0.15, 0.2) is 200 Å². The highest BCUT2D eigenvalue weighted by Gasteiger charge is 2.24. The minimum atomic E-state index is 0.877. The molecule has 0 unspecified atom stereocenters. The van der Waals surface area contributed by atoms with Crippen molar-refractivity contribution in [3.8, 4) is 56.0 Å². The summed E-state index contributed by atoms with van der Waals surface area (Å²) < 4.78 is 6.50. The number of hydrogen-bond acceptors (Lipinski definition) is 2. The van der Waals surface area contributed by atoms with E-state index in [9.17, 15) is 0 Å². The summed E-state index contributed by atoms with van der Waals surface area (Å²) in [7, 11) is 0. The van der Waals surface area contributed by atoms with Crippen LogP contribution in [0.25, 0.3) is 66.1 Å². The van der Waals surface area contributed by atoms with Gasteiger partial charge in [-0.2, -0.15) is 0 Å². The quantitative estimate of drug-likeness (QED) is 0.176. The highest BCUT2D eigenvalue weighted by molar-refractivity contribution is 6.06. The Morgan fingerprint density at radius 2 is 0.846 bits per heavy atom. The van der Waals surface area contributed by atoms with E-state index in [1.807, 2.05) is 0 Å². The fraction of sp³-hybridized carbons (Fsp3) is 0. The second-order valence-corrected chi connectivity index (χ2v) is 13.3. The molecule has 1 heterocycles. The molecule has 2 nitrogen and oxygen atoms in total. The van der Waals surface area contributed by atoms with Crippen LogP contribution in [0.2, 0.25) is 0 Å². The molecule has 0 bridgehead atoms. The molecule has 0 amide bonds. The van der Waals surface area contributed by atoms with Crippen LogP contribution in [0, 0.1) is 0 Å². The third kappa shape index (κ3) is 5.04. The smallest absolute Gasteiger partial charge is 0.135 e. The van der Waals surface area contributed by atoms with Gasteiger partial charge in [0.2, 0.25) is 0 Å². The maximum atomic E-state index is 6.50. The number of benzene rings is 9. The molecular weight excluding hydrogens is 631 g/mol. The van der Waals surface area contributed by atoms with E-state index in [-0.39, 0.29) is 0 Å². The zero-order valence-corrected chi connectivity index (χ0v) is 28.4. The van der Waals surface area contributed by atoms with Crippen molar-refractivity contribution in [2.24, 2.45) is 0 Å². The molecule has 0 aromatic heterocycles. The SMILES string of the molecule is c1ccc(-c2ccc(-c3ccccc3N(c3ccccc3-c3ccc4c(c3)-c3cccc5cccc(c35)O4)c3cccc4ccccc34)cc2)cc1. The second kappa shape index (κ2) is 12.5. The summed E-state index contributed by atoms with van der Waals surface area (Å²) in [6.45, 7) is 0. The Labute approximate surface area is 303 Å². The molecule has 0 N–H and O–H groups in total. The Balaban J connectivity index is 1.17. The molecule has 0 spiro atoms. The number of ether oxygens (including phenoxy) is 1. The van der Waals surface area contributed by atoms with Crippen molar-refractivity contribution in [1.82, 2.24) is 0 Å². The van der Waals surface area contributed by atoms with Crippen LogP contribution < -0.4 is 9.64 Å². The van der Waals surface area contributed by atoms with Gasteiger partial charge >= 0.3 is 0 Å². The molecule has 0 saturated carbocycles. The molecule has 9 aromatic rings. The van der Waals surface area contributed by atoms with Crippen LogP contribution in [-0.2, 0) is 0 Å². The molecule has 0 radical (unpaired) electrons. The zero-order chi connectivity index (χ0) is 34.4. The molecule has 9 aromatic carbocycles. The van der Waals surface area contributed by atoms with Crippen molar-refractivity contribution >= 4 is 38.6 Å². The predicted molar refractivity (Wildman–Crippen MR) is 218 cm³/mol. The van der Waals surface area contributed by atoms with Gasteiger partial charge in [0.25, 0.3) is 0 Å². The minimum Gasteiger partial charge on any atom is -0.456 e. The van der Waals surface area contributed by atoms with E-state index < -0.39 is 0 Å². The van der Waals surface area contributed by atoms with E-state index in [0.29, 0.717) is 0 Å². The molecule has 244 valence electrons. The summed E-state index contributed by atoms with van der Waals surface area (Å²) in [5.41, 5.74) is 12.6. The van der Waals surface area contributed by atoms with Crippen LogP contribution in [0.1, 0.15) is 0 Å². The fourth-order valence-electron chi connectivity index (χ4n) is 7.82. The maximum absolute atomic E-state index is 6.50. The number of nitrogens with zero attached hydrogens (tertiary/aromatic N) is 1. The van der Waals surface area contributed by atoms with Crippen LogP contribution in [0.5, 0.6) is 11.5 Å². The number of para-hydroxylation sites is 2. The summed E-state index contributed by atoms with van der Waals surface area (Å²) in [4.78, 5) is 2.45.